The number of aromatic nitrogens is 2. The van der Waals surface area contributed by atoms with Gasteiger partial charge < -0.3 is 5.32 Å². The Morgan fingerprint density at radius 2 is 1.81 bits per heavy atom. The van der Waals surface area contributed by atoms with Gasteiger partial charge in [0.15, 0.2) is 0 Å². The molecular weight excluding hydrogens is 334 g/mol. The van der Waals surface area contributed by atoms with E-state index in [2.05, 4.69) is 10.6 Å². The lowest BCUT2D eigenvalue weighted by Crippen LogP contribution is -2.40. The Hall–Kier alpha value is -3.74. The molecular formula is C19H14N3O4+. The Balaban J connectivity index is 1.79. The van der Waals surface area contributed by atoms with Crippen LogP contribution in [0.25, 0.3) is 11.3 Å². The molecule has 2 N–H and O–H groups in total. The van der Waals surface area contributed by atoms with Crippen molar-refractivity contribution in [2.24, 2.45) is 0 Å². The van der Waals surface area contributed by atoms with E-state index in [1.54, 1.807) is 36.4 Å². The van der Waals surface area contributed by atoms with Crippen LogP contribution in [0.4, 0.5) is 5.69 Å². The van der Waals surface area contributed by atoms with Crippen LogP contribution in [0.3, 0.4) is 0 Å². The van der Waals surface area contributed by atoms with Crippen LogP contribution < -0.4 is 15.6 Å². The highest BCUT2D eigenvalue weighted by Gasteiger charge is 2.32. The van der Waals surface area contributed by atoms with Gasteiger partial charge in [-0.05, 0) is 22.9 Å². The first kappa shape index (κ1) is 15.8. The largest absolute Gasteiger partial charge is 0.439 e. The zero-order valence-corrected chi connectivity index (χ0v) is 13.8. The number of nitrogens with zero attached hydrogens (tertiary/aromatic N) is 1. The second kappa shape index (κ2) is 5.96. The molecule has 0 unspecified atom stereocenters. The normalized spacial score (nSPS) is 14.3. The fourth-order valence-corrected chi connectivity index (χ4v) is 2.84. The molecule has 7 heteroatoms. The Labute approximate surface area is 147 Å². The zero-order chi connectivity index (χ0) is 18.3. The van der Waals surface area contributed by atoms with E-state index in [0.717, 1.165) is 11.6 Å². The lowest BCUT2D eigenvalue weighted by molar-refractivity contribution is -0.672. The van der Waals surface area contributed by atoms with E-state index in [1.165, 1.54) is 4.68 Å². The summed E-state index contributed by atoms with van der Waals surface area (Å²) in [6.07, 6.45) is 1.16. The first-order valence-corrected chi connectivity index (χ1v) is 7.92. The van der Waals surface area contributed by atoms with Crippen LogP contribution in [-0.4, -0.2) is 17.0 Å². The number of amides is 1. The number of aryl methyl sites for hydroxylation is 1. The van der Waals surface area contributed by atoms with Crippen molar-refractivity contribution in [2.45, 2.75) is 6.92 Å². The number of hydrogen-bond acceptors (Lipinski definition) is 4. The molecule has 0 saturated heterocycles. The van der Waals surface area contributed by atoms with Crippen molar-refractivity contribution in [3.63, 3.8) is 0 Å². The monoisotopic (exact) mass is 348 g/mol. The fourth-order valence-electron chi connectivity index (χ4n) is 2.84. The molecule has 1 amide bonds. The number of benzene rings is 2. The molecule has 1 aromatic heterocycles. The summed E-state index contributed by atoms with van der Waals surface area (Å²) in [6.45, 7) is 1.93. The Kier molecular flexibility index (Phi) is 3.62. The van der Waals surface area contributed by atoms with E-state index < -0.39 is 11.4 Å². The summed E-state index contributed by atoms with van der Waals surface area (Å²) >= 11 is 0. The van der Waals surface area contributed by atoms with Gasteiger partial charge in [-0.3, -0.25) is 14.1 Å². The minimum Gasteiger partial charge on any atom is -0.321 e. The maximum Gasteiger partial charge on any atom is 0.439 e. The number of fused-ring (bicyclic) bond motifs is 1. The lowest BCUT2D eigenvalue weighted by Gasteiger charge is -1.96. The van der Waals surface area contributed by atoms with Gasteiger partial charge in [0, 0.05) is 29.5 Å². The number of aromatic amines is 1. The van der Waals surface area contributed by atoms with Crippen LogP contribution in [0, 0.1) is 6.92 Å². The molecule has 1 aliphatic rings. The number of nitrogens with one attached hydrogen (secondary N) is 2. The molecule has 3 aromatic rings. The summed E-state index contributed by atoms with van der Waals surface area (Å²) in [7, 11) is 0. The highest BCUT2D eigenvalue weighted by Crippen LogP contribution is 2.31. The van der Waals surface area contributed by atoms with Gasteiger partial charge in [0.1, 0.15) is 0 Å². The van der Waals surface area contributed by atoms with Crippen molar-refractivity contribution in [3.05, 3.63) is 81.8 Å². The summed E-state index contributed by atoms with van der Waals surface area (Å²) in [6, 6.07) is 14.2. The summed E-state index contributed by atoms with van der Waals surface area (Å²) in [5, 5.41) is 5.11. The average Bonchev–Trinajstić information content (AvgIpc) is 3.16. The fraction of sp³-hybridized carbons (Fsp3) is 0.0526. The number of carbonyl (C=O) groups excluding carboxylic acids is 2. The average molecular weight is 348 g/mol. The van der Waals surface area contributed by atoms with E-state index in [4.69, 9.17) is 4.52 Å². The van der Waals surface area contributed by atoms with Crippen molar-refractivity contribution in [3.8, 4) is 5.69 Å². The van der Waals surface area contributed by atoms with Crippen molar-refractivity contribution in [1.29, 1.82) is 0 Å². The van der Waals surface area contributed by atoms with Crippen LogP contribution in [-0.2, 0) is 4.79 Å². The Morgan fingerprint density at radius 3 is 2.58 bits per heavy atom. The number of rotatable bonds is 3. The number of hydrogen-bond donors (Lipinski definition) is 2. The number of para-hydroxylation sites is 1. The van der Waals surface area contributed by atoms with Crippen molar-refractivity contribution >= 4 is 23.0 Å². The summed E-state index contributed by atoms with van der Waals surface area (Å²) in [5.41, 5.74) is 2.05. The number of ketones is 1. The predicted octanol–water partition coefficient (Wildman–Crippen LogP) is 1.77. The maximum atomic E-state index is 12.7. The minimum atomic E-state index is -0.806. The van der Waals surface area contributed by atoms with E-state index in [-0.39, 0.29) is 17.2 Å². The molecule has 0 bridgehead atoms. The first-order valence-electron chi connectivity index (χ1n) is 7.92. The highest BCUT2D eigenvalue weighted by molar-refractivity contribution is 6.34. The Morgan fingerprint density at radius 1 is 1.08 bits per heavy atom. The minimum absolute atomic E-state index is 0.210. The molecule has 2 aromatic carbocycles. The third-order valence-corrected chi connectivity index (χ3v) is 4.16. The topological polar surface area (TPSA) is 96.1 Å². The van der Waals surface area contributed by atoms with Gasteiger partial charge >= 0.3 is 11.3 Å². The molecule has 0 saturated carbocycles. The smallest absolute Gasteiger partial charge is 0.321 e. The molecule has 0 aliphatic carbocycles. The third-order valence-electron chi connectivity index (χ3n) is 4.16. The van der Waals surface area contributed by atoms with Gasteiger partial charge in [-0.25, -0.2) is 4.79 Å². The predicted molar refractivity (Wildman–Crippen MR) is 93.0 cm³/mol. The summed E-state index contributed by atoms with van der Waals surface area (Å²) in [5.74, 6) is -1.01. The van der Waals surface area contributed by atoms with Gasteiger partial charge in [-0.2, -0.15) is 0 Å². The third kappa shape index (κ3) is 2.55. The Bertz CT molecular complexity index is 1120. The molecule has 2 heterocycles. The molecule has 0 spiro atoms. The van der Waals surface area contributed by atoms with Crippen molar-refractivity contribution in [1.82, 2.24) is 5.27 Å². The molecule has 0 radical (unpaired) electrons. The molecule has 0 fully saturated rings. The van der Waals surface area contributed by atoms with Crippen molar-refractivity contribution in [2.75, 3.05) is 5.32 Å². The zero-order valence-electron chi connectivity index (χ0n) is 13.8. The van der Waals surface area contributed by atoms with Crippen LogP contribution in [0.2, 0.25) is 0 Å². The second-order valence-corrected chi connectivity index (χ2v) is 5.92. The molecule has 7 nitrogen and oxygen atoms in total. The van der Waals surface area contributed by atoms with Crippen molar-refractivity contribution < 1.29 is 18.8 Å². The second-order valence-electron chi connectivity index (χ2n) is 5.92. The highest BCUT2D eigenvalue weighted by atomic mass is 16.5. The first-order chi connectivity index (χ1) is 12.5. The number of H-pyrrole nitrogens is 1. The molecule has 128 valence electrons. The summed E-state index contributed by atoms with van der Waals surface area (Å²) < 4.78 is 6.06. The van der Waals surface area contributed by atoms with Gasteiger partial charge in [-0.15, -0.1) is 0 Å². The number of anilines is 1. The summed E-state index contributed by atoms with van der Waals surface area (Å²) in [4.78, 5) is 37.0. The standard InChI is InChI=1S/C19H13N3O4/c1-11-6-8-12(9-7-11)22-17(19(25)26-21-22)16(23)10-14-13-4-2-3-5-15(13)20-18(14)24/h2-10H,1H3,(H-,20,21,23,24,25)/p+1. The van der Waals surface area contributed by atoms with E-state index in [1.807, 2.05) is 19.1 Å². The van der Waals surface area contributed by atoms with Crippen LogP contribution in [0.1, 0.15) is 21.6 Å². The van der Waals surface area contributed by atoms with Crippen LogP contribution >= 0.6 is 0 Å². The van der Waals surface area contributed by atoms with E-state index in [9.17, 15) is 14.4 Å². The number of allylic oxidation sites excluding steroid dienone is 1. The number of carbonyl (C=O) groups is 2. The maximum absolute atomic E-state index is 12.7. The van der Waals surface area contributed by atoms with Gasteiger partial charge in [0.2, 0.25) is 5.69 Å². The van der Waals surface area contributed by atoms with Gasteiger partial charge in [0.05, 0.1) is 5.57 Å². The SMILES string of the molecule is Cc1ccc(-[n+]2[nH]oc(=O)c2C(=O)/C=C2/C(=O)Nc3ccccc32)cc1. The van der Waals surface area contributed by atoms with Crippen LogP contribution in [0.5, 0.6) is 0 Å². The molecule has 4 rings (SSSR count). The van der Waals surface area contributed by atoms with Gasteiger partial charge in [-0.1, -0.05) is 35.9 Å². The van der Waals surface area contributed by atoms with E-state index in [0.29, 0.717) is 16.9 Å². The lowest BCUT2D eigenvalue weighted by atomic mass is 10.1. The molecule has 0 atom stereocenters. The molecule has 26 heavy (non-hydrogen) atoms. The molecule has 1 aliphatic heterocycles. The van der Waals surface area contributed by atoms with Gasteiger partial charge in [0.25, 0.3) is 11.7 Å². The van der Waals surface area contributed by atoms with Crippen LogP contribution in [0.15, 0.2) is 63.9 Å². The quantitative estimate of drug-likeness (QED) is 0.428. The van der Waals surface area contributed by atoms with E-state index >= 15 is 0 Å².